The molecular formula is C23H32N6O2S. The summed E-state index contributed by atoms with van der Waals surface area (Å²) in [6.45, 7) is 5.88. The van der Waals surface area contributed by atoms with Crippen LogP contribution in [0.25, 0.3) is 0 Å². The van der Waals surface area contributed by atoms with E-state index < -0.39 is 0 Å². The van der Waals surface area contributed by atoms with Gasteiger partial charge >= 0.3 is 0 Å². The van der Waals surface area contributed by atoms with E-state index in [2.05, 4.69) is 44.6 Å². The predicted molar refractivity (Wildman–Crippen MR) is 125 cm³/mol. The third kappa shape index (κ3) is 4.67. The zero-order chi connectivity index (χ0) is 22.2. The van der Waals surface area contributed by atoms with Gasteiger partial charge in [0.25, 0.3) is 5.91 Å². The summed E-state index contributed by atoms with van der Waals surface area (Å²) in [5, 5.41) is 18.7. The Morgan fingerprint density at radius 1 is 1.22 bits per heavy atom. The zero-order valence-electron chi connectivity index (χ0n) is 18.8. The van der Waals surface area contributed by atoms with Gasteiger partial charge in [0.15, 0.2) is 0 Å². The molecule has 0 saturated heterocycles. The van der Waals surface area contributed by atoms with Gasteiger partial charge < -0.3 is 16.0 Å². The number of thiophene rings is 1. The van der Waals surface area contributed by atoms with Gasteiger partial charge in [0, 0.05) is 29.9 Å². The summed E-state index contributed by atoms with van der Waals surface area (Å²) < 4.78 is 2.11. The molecule has 2 amide bonds. The van der Waals surface area contributed by atoms with E-state index in [0.29, 0.717) is 17.4 Å². The normalized spacial score (nSPS) is 20.2. The molecule has 8 nitrogen and oxygen atoms in total. The van der Waals surface area contributed by atoms with E-state index >= 15 is 0 Å². The van der Waals surface area contributed by atoms with Gasteiger partial charge in [-0.1, -0.05) is 13.8 Å². The number of carbonyl (C=O) groups is 2. The van der Waals surface area contributed by atoms with Crippen molar-refractivity contribution in [1.29, 1.82) is 0 Å². The summed E-state index contributed by atoms with van der Waals surface area (Å²) in [7, 11) is 0. The number of amides is 2. The second-order valence-electron chi connectivity index (χ2n) is 9.86. The molecule has 0 aromatic carbocycles. The Bertz CT molecular complexity index is 1000. The van der Waals surface area contributed by atoms with Gasteiger partial charge in [0.1, 0.15) is 11.3 Å². The first kappa shape index (κ1) is 21.4. The van der Waals surface area contributed by atoms with Gasteiger partial charge in [0.05, 0.1) is 5.56 Å². The van der Waals surface area contributed by atoms with Gasteiger partial charge in [-0.2, -0.15) is 0 Å². The fourth-order valence-electron chi connectivity index (χ4n) is 4.27. The fourth-order valence-corrected chi connectivity index (χ4v) is 5.51. The van der Waals surface area contributed by atoms with E-state index in [1.54, 1.807) is 17.7 Å². The van der Waals surface area contributed by atoms with Crippen molar-refractivity contribution < 1.29 is 9.59 Å². The molecule has 2 fully saturated rings. The maximum Gasteiger partial charge on any atom is 0.254 e. The summed E-state index contributed by atoms with van der Waals surface area (Å²) in [6.07, 6.45) is 8.64. The van der Waals surface area contributed by atoms with Gasteiger partial charge in [-0.3, -0.25) is 14.2 Å². The Morgan fingerprint density at radius 3 is 2.75 bits per heavy atom. The first-order valence-electron chi connectivity index (χ1n) is 11.9. The number of anilines is 2. The summed E-state index contributed by atoms with van der Waals surface area (Å²) >= 11 is 1.58. The number of hydrogen-bond donors (Lipinski definition) is 3. The van der Waals surface area contributed by atoms with E-state index in [4.69, 9.17) is 0 Å². The van der Waals surface area contributed by atoms with Crippen LogP contribution in [0.4, 0.5) is 10.9 Å². The van der Waals surface area contributed by atoms with E-state index in [0.717, 1.165) is 61.7 Å². The van der Waals surface area contributed by atoms with Gasteiger partial charge in [-0.05, 0) is 62.3 Å². The maximum absolute atomic E-state index is 13.2. The highest BCUT2D eigenvalue weighted by molar-refractivity contribution is 7.17. The van der Waals surface area contributed by atoms with Crippen molar-refractivity contribution in [2.24, 2.45) is 17.8 Å². The molecule has 3 N–H and O–H groups in total. The Labute approximate surface area is 192 Å². The lowest BCUT2D eigenvalue weighted by atomic mass is 9.91. The highest BCUT2D eigenvalue weighted by Crippen LogP contribution is 2.42. The standard InChI is InChI=1S/C23H32N6O2S/c1-13(2)10-25-23-28-26-12-29(23)16-7-8-18-17(9-16)19(21(31)24-11-14-3-4-14)22(32-18)27-20(30)15-5-6-15/h12-16H,3-11H2,1-2H3,(H,24,31)(H,25,28)(H,27,30). The van der Waals surface area contributed by atoms with Gasteiger partial charge in [0.2, 0.25) is 11.9 Å². The minimum Gasteiger partial charge on any atom is -0.354 e. The Hall–Kier alpha value is -2.42. The van der Waals surface area contributed by atoms with E-state index in [9.17, 15) is 9.59 Å². The molecule has 2 saturated carbocycles. The molecule has 3 aliphatic carbocycles. The Balaban J connectivity index is 1.39. The molecule has 0 bridgehead atoms. The molecule has 0 aliphatic heterocycles. The number of nitrogens with zero attached hydrogens (tertiary/aromatic N) is 3. The molecule has 5 rings (SSSR count). The first-order valence-corrected chi connectivity index (χ1v) is 12.7. The average Bonchev–Trinajstić information content (AvgIpc) is 3.69. The van der Waals surface area contributed by atoms with Crippen molar-refractivity contribution in [2.75, 3.05) is 23.7 Å². The molecule has 0 radical (unpaired) electrons. The van der Waals surface area contributed by atoms with Crippen LogP contribution in [0, 0.1) is 17.8 Å². The summed E-state index contributed by atoms with van der Waals surface area (Å²) in [5.41, 5.74) is 1.75. The molecular weight excluding hydrogens is 424 g/mol. The summed E-state index contributed by atoms with van der Waals surface area (Å²) in [5.74, 6) is 2.00. The van der Waals surface area contributed by atoms with Crippen molar-refractivity contribution in [2.45, 2.75) is 64.8 Å². The average molecular weight is 457 g/mol. The lowest BCUT2D eigenvalue weighted by Gasteiger charge is -2.25. The number of aryl methyl sites for hydroxylation is 1. The lowest BCUT2D eigenvalue weighted by molar-refractivity contribution is -0.117. The molecule has 2 aromatic rings. The van der Waals surface area contributed by atoms with Crippen LogP contribution in [0.15, 0.2) is 6.33 Å². The number of nitrogens with one attached hydrogen (secondary N) is 3. The monoisotopic (exact) mass is 456 g/mol. The highest BCUT2D eigenvalue weighted by Gasteiger charge is 2.35. The molecule has 3 aliphatic rings. The molecule has 1 atom stereocenters. The van der Waals surface area contributed by atoms with Crippen molar-refractivity contribution >= 4 is 34.1 Å². The van der Waals surface area contributed by atoms with Crippen LogP contribution in [0.2, 0.25) is 0 Å². The predicted octanol–water partition coefficient (Wildman–Crippen LogP) is 3.63. The van der Waals surface area contributed by atoms with Crippen LogP contribution < -0.4 is 16.0 Å². The van der Waals surface area contributed by atoms with Crippen LogP contribution in [-0.4, -0.2) is 39.7 Å². The molecule has 0 spiro atoms. The third-order valence-corrected chi connectivity index (χ3v) is 7.74. The number of hydrogen-bond acceptors (Lipinski definition) is 6. The largest absolute Gasteiger partial charge is 0.354 e. The Morgan fingerprint density at radius 2 is 2.03 bits per heavy atom. The molecule has 2 heterocycles. The second kappa shape index (κ2) is 8.84. The molecule has 9 heteroatoms. The first-order chi connectivity index (χ1) is 15.5. The molecule has 172 valence electrons. The van der Waals surface area contributed by atoms with Crippen LogP contribution in [0.1, 0.15) is 72.8 Å². The number of carbonyl (C=O) groups excluding carboxylic acids is 2. The van der Waals surface area contributed by atoms with Crippen LogP contribution >= 0.6 is 11.3 Å². The Kier molecular flexibility index (Phi) is 5.92. The zero-order valence-corrected chi connectivity index (χ0v) is 19.6. The number of fused-ring (bicyclic) bond motifs is 1. The molecule has 2 aromatic heterocycles. The minimum absolute atomic E-state index is 0.0513. The van der Waals surface area contributed by atoms with Crippen molar-refractivity contribution in [1.82, 2.24) is 20.1 Å². The van der Waals surface area contributed by atoms with Crippen molar-refractivity contribution in [3.8, 4) is 0 Å². The quantitative estimate of drug-likeness (QED) is 0.535. The van der Waals surface area contributed by atoms with Crippen LogP contribution in [0.5, 0.6) is 0 Å². The topological polar surface area (TPSA) is 101 Å². The number of rotatable bonds is 9. The van der Waals surface area contributed by atoms with E-state index in [1.165, 1.54) is 17.7 Å². The van der Waals surface area contributed by atoms with E-state index in [-0.39, 0.29) is 23.8 Å². The highest BCUT2D eigenvalue weighted by atomic mass is 32.1. The van der Waals surface area contributed by atoms with Crippen molar-refractivity contribution in [3.63, 3.8) is 0 Å². The lowest BCUT2D eigenvalue weighted by Crippen LogP contribution is -2.29. The van der Waals surface area contributed by atoms with Gasteiger partial charge in [-0.25, -0.2) is 0 Å². The SMILES string of the molecule is CC(C)CNc1nncn1C1CCc2sc(NC(=O)C3CC3)c(C(=O)NCC3CC3)c2C1. The maximum atomic E-state index is 13.2. The summed E-state index contributed by atoms with van der Waals surface area (Å²) in [6, 6.07) is 0.184. The van der Waals surface area contributed by atoms with E-state index in [1.807, 2.05) is 0 Å². The number of aromatic nitrogens is 3. The minimum atomic E-state index is -0.0527. The van der Waals surface area contributed by atoms with Gasteiger partial charge in [-0.15, -0.1) is 21.5 Å². The smallest absolute Gasteiger partial charge is 0.254 e. The fraction of sp³-hybridized carbons (Fsp3) is 0.652. The summed E-state index contributed by atoms with van der Waals surface area (Å²) in [4.78, 5) is 26.9. The van der Waals surface area contributed by atoms with Crippen LogP contribution in [0.3, 0.4) is 0 Å². The second-order valence-corrected chi connectivity index (χ2v) is 11.0. The third-order valence-electron chi connectivity index (χ3n) is 6.53. The van der Waals surface area contributed by atoms with Crippen LogP contribution in [-0.2, 0) is 17.6 Å². The molecule has 1 unspecified atom stereocenters. The van der Waals surface area contributed by atoms with Crippen molar-refractivity contribution in [3.05, 3.63) is 22.3 Å². The molecule has 32 heavy (non-hydrogen) atoms.